The van der Waals surface area contributed by atoms with Gasteiger partial charge in [0.25, 0.3) is 0 Å². The van der Waals surface area contributed by atoms with Gasteiger partial charge in [-0.25, -0.2) is 9.78 Å². The van der Waals surface area contributed by atoms with Crippen LogP contribution in [0, 0.1) is 0 Å². The van der Waals surface area contributed by atoms with Crippen molar-refractivity contribution in [2.24, 2.45) is 7.05 Å². The summed E-state index contributed by atoms with van der Waals surface area (Å²) in [6.45, 7) is 1.94. The average molecular weight is 295 g/mol. The maximum atomic E-state index is 12.1. The SMILES string of the molecule is CC(NC(=O)Nc1cc2cnn(C)c2cn1)c1ccccc1. The number of fused-ring (bicyclic) bond motifs is 1. The molecule has 0 saturated carbocycles. The molecule has 1 aromatic carbocycles. The topological polar surface area (TPSA) is 71.8 Å². The Kier molecular flexibility index (Phi) is 3.74. The van der Waals surface area contributed by atoms with Crippen LogP contribution in [0.4, 0.5) is 10.6 Å². The Balaban J connectivity index is 1.67. The van der Waals surface area contributed by atoms with Crippen LogP contribution in [-0.2, 0) is 7.05 Å². The number of carbonyl (C=O) groups is 1. The van der Waals surface area contributed by atoms with E-state index in [2.05, 4.69) is 20.7 Å². The number of hydrogen-bond acceptors (Lipinski definition) is 3. The van der Waals surface area contributed by atoms with Crippen LogP contribution in [0.3, 0.4) is 0 Å². The maximum Gasteiger partial charge on any atom is 0.320 e. The molecular weight excluding hydrogens is 278 g/mol. The summed E-state index contributed by atoms with van der Waals surface area (Å²) < 4.78 is 1.74. The Bertz CT molecular complexity index is 797. The lowest BCUT2D eigenvalue weighted by molar-refractivity contribution is 0.249. The molecule has 0 aliphatic rings. The first-order valence-electron chi connectivity index (χ1n) is 7.04. The summed E-state index contributed by atoms with van der Waals surface area (Å²) in [7, 11) is 1.85. The van der Waals surface area contributed by atoms with E-state index in [1.807, 2.05) is 44.3 Å². The van der Waals surface area contributed by atoms with E-state index in [1.165, 1.54) is 0 Å². The van der Waals surface area contributed by atoms with Crippen LogP contribution in [-0.4, -0.2) is 20.8 Å². The zero-order valence-corrected chi connectivity index (χ0v) is 12.4. The van der Waals surface area contributed by atoms with E-state index in [1.54, 1.807) is 23.1 Å². The number of benzene rings is 1. The Morgan fingerprint density at radius 1 is 1.23 bits per heavy atom. The molecule has 0 spiro atoms. The van der Waals surface area contributed by atoms with Gasteiger partial charge in [-0.3, -0.25) is 10.00 Å². The second kappa shape index (κ2) is 5.85. The fourth-order valence-electron chi connectivity index (χ4n) is 2.29. The van der Waals surface area contributed by atoms with Gasteiger partial charge in [-0.1, -0.05) is 30.3 Å². The van der Waals surface area contributed by atoms with Gasteiger partial charge in [0, 0.05) is 12.4 Å². The Morgan fingerprint density at radius 3 is 2.77 bits per heavy atom. The summed E-state index contributed by atoms with van der Waals surface area (Å²) in [5.41, 5.74) is 1.97. The highest BCUT2D eigenvalue weighted by atomic mass is 16.2. The van der Waals surface area contributed by atoms with Gasteiger partial charge in [-0.2, -0.15) is 5.10 Å². The summed E-state index contributed by atoms with van der Waals surface area (Å²) in [6, 6.07) is 11.2. The molecular formula is C16H17N5O. The molecule has 1 unspecified atom stereocenters. The van der Waals surface area contributed by atoms with E-state index in [-0.39, 0.29) is 12.1 Å². The fraction of sp³-hybridized carbons (Fsp3) is 0.188. The number of urea groups is 1. The van der Waals surface area contributed by atoms with Gasteiger partial charge in [0.2, 0.25) is 0 Å². The molecule has 2 aromatic heterocycles. The number of carbonyl (C=O) groups excluding carboxylic acids is 1. The third-order valence-electron chi connectivity index (χ3n) is 3.52. The van der Waals surface area contributed by atoms with E-state index in [0.29, 0.717) is 5.82 Å². The standard InChI is InChI=1S/C16H17N5O/c1-11(12-6-4-3-5-7-12)19-16(22)20-15-8-13-9-18-21(2)14(13)10-17-15/h3-11H,1-2H3,(H2,17,19,20,22). The predicted molar refractivity (Wildman–Crippen MR) is 85.5 cm³/mol. The number of anilines is 1. The molecule has 0 aliphatic heterocycles. The first kappa shape index (κ1) is 14.1. The van der Waals surface area contributed by atoms with Crippen LogP contribution >= 0.6 is 0 Å². The van der Waals surface area contributed by atoms with Gasteiger partial charge < -0.3 is 5.32 Å². The monoisotopic (exact) mass is 295 g/mol. The maximum absolute atomic E-state index is 12.1. The number of pyridine rings is 1. The minimum Gasteiger partial charge on any atom is -0.331 e. The second-order valence-electron chi connectivity index (χ2n) is 5.13. The number of aromatic nitrogens is 3. The first-order valence-corrected chi connectivity index (χ1v) is 7.04. The Morgan fingerprint density at radius 2 is 2.00 bits per heavy atom. The molecule has 2 amide bonds. The van der Waals surface area contributed by atoms with Crippen molar-refractivity contribution in [3.05, 3.63) is 54.4 Å². The molecule has 2 N–H and O–H groups in total. The molecule has 0 fully saturated rings. The summed E-state index contributed by atoms with van der Waals surface area (Å²) in [6.07, 6.45) is 3.44. The largest absolute Gasteiger partial charge is 0.331 e. The van der Waals surface area contributed by atoms with Crippen LogP contribution in [0.1, 0.15) is 18.5 Å². The van der Waals surface area contributed by atoms with Crippen molar-refractivity contribution in [2.75, 3.05) is 5.32 Å². The third kappa shape index (κ3) is 2.90. The van der Waals surface area contributed by atoms with Gasteiger partial charge in [0.15, 0.2) is 0 Å². The van der Waals surface area contributed by atoms with Crippen LogP contribution < -0.4 is 10.6 Å². The van der Waals surface area contributed by atoms with E-state index in [9.17, 15) is 4.79 Å². The summed E-state index contributed by atoms with van der Waals surface area (Å²) in [5.74, 6) is 0.498. The highest BCUT2D eigenvalue weighted by Crippen LogP contribution is 2.16. The number of aryl methyl sites for hydroxylation is 1. The Hall–Kier alpha value is -2.89. The lowest BCUT2D eigenvalue weighted by Gasteiger charge is -2.14. The van der Waals surface area contributed by atoms with Crippen molar-refractivity contribution in [1.82, 2.24) is 20.1 Å². The highest BCUT2D eigenvalue weighted by Gasteiger charge is 2.10. The van der Waals surface area contributed by atoms with Gasteiger partial charge in [0.1, 0.15) is 5.82 Å². The van der Waals surface area contributed by atoms with Crippen molar-refractivity contribution in [3.63, 3.8) is 0 Å². The molecule has 3 aromatic rings. The molecule has 0 bridgehead atoms. The lowest BCUT2D eigenvalue weighted by Crippen LogP contribution is -2.31. The smallest absolute Gasteiger partial charge is 0.320 e. The highest BCUT2D eigenvalue weighted by molar-refractivity contribution is 5.91. The van der Waals surface area contributed by atoms with Crippen molar-refractivity contribution < 1.29 is 4.79 Å². The van der Waals surface area contributed by atoms with Gasteiger partial charge in [-0.15, -0.1) is 0 Å². The predicted octanol–water partition coefficient (Wildman–Crippen LogP) is 2.85. The Labute approximate surface area is 128 Å². The molecule has 22 heavy (non-hydrogen) atoms. The summed E-state index contributed by atoms with van der Waals surface area (Å²) in [5, 5.41) is 10.7. The van der Waals surface area contributed by atoms with E-state index < -0.39 is 0 Å². The number of rotatable bonds is 3. The number of nitrogens with one attached hydrogen (secondary N) is 2. The van der Waals surface area contributed by atoms with Crippen LogP contribution in [0.5, 0.6) is 0 Å². The second-order valence-corrected chi connectivity index (χ2v) is 5.13. The van der Waals surface area contributed by atoms with Crippen LogP contribution in [0.15, 0.2) is 48.8 Å². The summed E-state index contributed by atoms with van der Waals surface area (Å²) in [4.78, 5) is 16.3. The third-order valence-corrected chi connectivity index (χ3v) is 3.52. The fourth-order valence-corrected chi connectivity index (χ4v) is 2.29. The average Bonchev–Trinajstić information content (AvgIpc) is 2.89. The first-order chi connectivity index (χ1) is 10.6. The zero-order chi connectivity index (χ0) is 15.5. The molecule has 0 aliphatic carbocycles. The quantitative estimate of drug-likeness (QED) is 0.780. The molecule has 6 nitrogen and oxygen atoms in total. The van der Waals surface area contributed by atoms with E-state index in [4.69, 9.17) is 0 Å². The van der Waals surface area contributed by atoms with Crippen molar-refractivity contribution in [1.29, 1.82) is 0 Å². The number of nitrogens with zero attached hydrogens (tertiary/aromatic N) is 3. The molecule has 3 rings (SSSR count). The van der Waals surface area contributed by atoms with Gasteiger partial charge in [0.05, 0.1) is 24.0 Å². The molecule has 0 radical (unpaired) electrons. The van der Waals surface area contributed by atoms with Crippen molar-refractivity contribution in [2.45, 2.75) is 13.0 Å². The summed E-state index contributed by atoms with van der Waals surface area (Å²) >= 11 is 0. The number of amides is 2. The van der Waals surface area contributed by atoms with E-state index in [0.717, 1.165) is 16.5 Å². The molecule has 2 heterocycles. The van der Waals surface area contributed by atoms with Gasteiger partial charge >= 0.3 is 6.03 Å². The molecule has 6 heteroatoms. The lowest BCUT2D eigenvalue weighted by atomic mass is 10.1. The van der Waals surface area contributed by atoms with E-state index >= 15 is 0 Å². The minimum absolute atomic E-state index is 0.0803. The van der Waals surface area contributed by atoms with Crippen LogP contribution in [0.25, 0.3) is 10.9 Å². The van der Waals surface area contributed by atoms with Crippen molar-refractivity contribution >= 4 is 22.8 Å². The molecule has 1 atom stereocenters. The van der Waals surface area contributed by atoms with Crippen molar-refractivity contribution in [3.8, 4) is 0 Å². The zero-order valence-electron chi connectivity index (χ0n) is 12.4. The molecule has 112 valence electrons. The molecule has 0 saturated heterocycles. The van der Waals surface area contributed by atoms with Crippen LogP contribution in [0.2, 0.25) is 0 Å². The minimum atomic E-state index is -0.285. The normalized spacial score (nSPS) is 12.1. The van der Waals surface area contributed by atoms with Gasteiger partial charge in [-0.05, 0) is 18.6 Å². The number of hydrogen-bond donors (Lipinski definition) is 2.